The third-order valence-corrected chi connectivity index (χ3v) is 3.44. The van der Waals surface area contributed by atoms with E-state index in [9.17, 15) is 4.39 Å². The average molecular weight is 236 g/mol. The van der Waals surface area contributed by atoms with Gasteiger partial charge in [0.25, 0.3) is 0 Å². The molecule has 0 aromatic carbocycles. The number of pyridine rings is 1. The van der Waals surface area contributed by atoms with E-state index in [4.69, 9.17) is 5.21 Å². The van der Waals surface area contributed by atoms with Gasteiger partial charge in [-0.3, -0.25) is 0 Å². The molecular formula is C11H13FN4O. The zero-order valence-corrected chi connectivity index (χ0v) is 9.17. The number of halogens is 1. The lowest BCUT2D eigenvalue weighted by Crippen LogP contribution is -2.43. The Bertz CT molecular complexity index is 465. The maximum Gasteiger partial charge on any atom is 0.221 e. The van der Waals surface area contributed by atoms with Crippen molar-refractivity contribution >= 4 is 11.9 Å². The number of anilines is 1. The third-order valence-electron chi connectivity index (χ3n) is 3.44. The highest BCUT2D eigenvalue weighted by atomic mass is 19.1. The van der Waals surface area contributed by atoms with Gasteiger partial charge >= 0.3 is 0 Å². The van der Waals surface area contributed by atoms with Gasteiger partial charge in [0.15, 0.2) is 0 Å². The van der Waals surface area contributed by atoms with Crippen molar-refractivity contribution in [3.05, 3.63) is 23.8 Å². The fourth-order valence-electron chi connectivity index (χ4n) is 2.64. The first kappa shape index (κ1) is 10.5. The highest BCUT2D eigenvalue weighted by Gasteiger charge is 2.37. The summed E-state index contributed by atoms with van der Waals surface area (Å²) in [6.45, 7) is 1.89. The van der Waals surface area contributed by atoms with Gasteiger partial charge in [0.05, 0.1) is 23.7 Å². The molecule has 0 radical (unpaired) electrons. The van der Waals surface area contributed by atoms with Crippen molar-refractivity contribution in [2.45, 2.75) is 18.5 Å². The molecule has 2 atom stereocenters. The number of oxime groups is 1. The highest BCUT2D eigenvalue weighted by molar-refractivity contribution is 5.80. The van der Waals surface area contributed by atoms with Gasteiger partial charge in [-0.25, -0.2) is 4.98 Å². The van der Waals surface area contributed by atoms with E-state index in [1.54, 1.807) is 6.07 Å². The van der Waals surface area contributed by atoms with Gasteiger partial charge in [-0.2, -0.15) is 4.39 Å². The highest BCUT2D eigenvalue weighted by Crippen LogP contribution is 2.29. The maximum absolute atomic E-state index is 13.3. The summed E-state index contributed by atoms with van der Waals surface area (Å²) in [7, 11) is 0. The van der Waals surface area contributed by atoms with Crippen LogP contribution in [-0.4, -0.2) is 41.6 Å². The minimum absolute atomic E-state index is 0.209. The molecule has 1 aromatic rings. The lowest BCUT2D eigenvalue weighted by molar-refractivity contribution is 0.321. The molecule has 2 saturated heterocycles. The molecule has 2 bridgehead atoms. The molecule has 3 heterocycles. The minimum Gasteiger partial charge on any atom is -0.411 e. The van der Waals surface area contributed by atoms with Crippen LogP contribution in [0.5, 0.6) is 0 Å². The van der Waals surface area contributed by atoms with Crippen LogP contribution in [0, 0.1) is 5.95 Å². The van der Waals surface area contributed by atoms with Crippen LogP contribution < -0.4 is 10.2 Å². The summed E-state index contributed by atoms with van der Waals surface area (Å²) >= 11 is 0. The largest absolute Gasteiger partial charge is 0.411 e. The molecule has 17 heavy (non-hydrogen) atoms. The van der Waals surface area contributed by atoms with Gasteiger partial charge in [0.1, 0.15) is 0 Å². The Balaban J connectivity index is 1.91. The van der Waals surface area contributed by atoms with E-state index in [0.717, 1.165) is 31.4 Å². The van der Waals surface area contributed by atoms with Crippen molar-refractivity contribution < 1.29 is 9.60 Å². The first-order chi connectivity index (χ1) is 8.28. The molecule has 5 nitrogen and oxygen atoms in total. The Kier molecular flexibility index (Phi) is 2.44. The van der Waals surface area contributed by atoms with Crippen LogP contribution >= 0.6 is 0 Å². The van der Waals surface area contributed by atoms with E-state index in [2.05, 4.69) is 20.4 Å². The van der Waals surface area contributed by atoms with Crippen LogP contribution in [0.25, 0.3) is 0 Å². The standard InChI is InChI=1S/C11H13FN4O/c12-11-7(3-15-17)1-9(5-14-11)16-6-8-2-10(16)4-13-8/h1,3,5,8,10,13,17H,2,4,6H2/t8-,10-/m1/s1. The topological polar surface area (TPSA) is 60.8 Å². The molecule has 2 fully saturated rings. The summed E-state index contributed by atoms with van der Waals surface area (Å²) in [6, 6.07) is 2.66. The van der Waals surface area contributed by atoms with Crippen molar-refractivity contribution in [1.29, 1.82) is 0 Å². The third kappa shape index (κ3) is 1.74. The number of hydrogen-bond acceptors (Lipinski definition) is 5. The molecule has 0 spiro atoms. The van der Waals surface area contributed by atoms with Crippen LogP contribution in [0.2, 0.25) is 0 Å². The molecule has 2 N–H and O–H groups in total. The molecule has 2 aliphatic heterocycles. The van der Waals surface area contributed by atoms with Crippen LogP contribution in [-0.2, 0) is 0 Å². The summed E-state index contributed by atoms with van der Waals surface area (Å²) in [4.78, 5) is 5.92. The first-order valence-electron chi connectivity index (χ1n) is 5.61. The Morgan fingerprint density at radius 1 is 1.65 bits per heavy atom. The number of hydrogen-bond donors (Lipinski definition) is 2. The van der Waals surface area contributed by atoms with Crippen LogP contribution in [0.4, 0.5) is 10.1 Å². The van der Waals surface area contributed by atoms with Crippen LogP contribution in [0.3, 0.4) is 0 Å². The number of nitrogens with one attached hydrogen (secondary N) is 1. The van der Waals surface area contributed by atoms with Gasteiger partial charge in [-0.05, 0) is 12.5 Å². The SMILES string of the molecule is ON=Cc1cc(N2C[C@H]3C[C@@H]2CN3)cnc1F. The average Bonchev–Trinajstić information content (AvgIpc) is 2.94. The fourth-order valence-corrected chi connectivity index (χ4v) is 2.64. The van der Waals surface area contributed by atoms with Gasteiger partial charge in [0.2, 0.25) is 5.95 Å². The number of nitrogens with zero attached hydrogens (tertiary/aromatic N) is 3. The predicted octanol–water partition coefficient (Wildman–Crippen LogP) is 0.579. The molecule has 3 rings (SSSR count). The molecule has 0 unspecified atom stereocenters. The second-order valence-corrected chi connectivity index (χ2v) is 4.47. The summed E-state index contributed by atoms with van der Waals surface area (Å²) in [6.07, 6.45) is 3.73. The number of fused-ring (bicyclic) bond motifs is 2. The molecule has 1 aromatic heterocycles. The molecule has 90 valence electrons. The zero-order valence-electron chi connectivity index (χ0n) is 9.17. The first-order valence-corrected chi connectivity index (χ1v) is 5.61. The summed E-state index contributed by atoms with van der Waals surface area (Å²) < 4.78 is 13.3. The zero-order chi connectivity index (χ0) is 11.8. The predicted molar refractivity (Wildman–Crippen MR) is 61.1 cm³/mol. The normalized spacial score (nSPS) is 27.2. The number of aromatic nitrogens is 1. The Morgan fingerprint density at radius 3 is 3.18 bits per heavy atom. The molecular weight excluding hydrogens is 223 g/mol. The monoisotopic (exact) mass is 236 g/mol. The molecule has 0 saturated carbocycles. The van der Waals surface area contributed by atoms with E-state index < -0.39 is 5.95 Å². The molecule has 2 aliphatic rings. The smallest absolute Gasteiger partial charge is 0.221 e. The van der Waals surface area contributed by atoms with Gasteiger partial charge in [-0.15, -0.1) is 0 Å². The van der Waals surface area contributed by atoms with Crippen molar-refractivity contribution in [2.24, 2.45) is 5.16 Å². The van der Waals surface area contributed by atoms with Crippen molar-refractivity contribution in [1.82, 2.24) is 10.3 Å². The van der Waals surface area contributed by atoms with Gasteiger partial charge in [-0.1, -0.05) is 5.16 Å². The van der Waals surface area contributed by atoms with E-state index in [-0.39, 0.29) is 5.56 Å². The van der Waals surface area contributed by atoms with Gasteiger partial charge < -0.3 is 15.4 Å². The summed E-state index contributed by atoms with van der Waals surface area (Å²) in [5, 5.41) is 14.7. The molecule has 0 aliphatic carbocycles. The van der Waals surface area contributed by atoms with Crippen LogP contribution in [0.1, 0.15) is 12.0 Å². The van der Waals surface area contributed by atoms with Crippen molar-refractivity contribution in [3.8, 4) is 0 Å². The van der Waals surface area contributed by atoms with E-state index in [1.807, 2.05) is 0 Å². The van der Waals surface area contributed by atoms with Crippen molar-refractivity contribution in [2.75, 3.05) is 18.0 Å². The van der Waals surface area contributed by atoms with E-state index >= 15 is 0 Å². The number of piperazine rings is 1. The second-order valence-electron chi connectivity index (χ2n) is 4.47. The minimum atomic E-state index is -0.617. The fraction of sp³-hybridized carbons (Fsp3) is 0.455. The Hall–Kier alpha value is -1.69. The Labute approximate surface area is 97.9 Å². The lowest BCUT2D eigenvalue weighted by Gasteiger charge is -2.29. The quantitative estimate of drug-likeness (QED) is 0.341. The number of rotatable bonds is 2. The van der Waals surface area contributed by atoms with E-state index in [0.29, 0.717) is 12.1 Å². The van der Waals surface area contributed by atoms with Crippen LogP contribution in [0.15, 0.2) is 17.4 Å². The maximum atomic E-state index is 13.3. The Morgan fingerprint density at radius 2 is 2.53 bits per heavy atom. The van der Waals surface area contributed by atoms with E-state index in [1.165, 1.54) is 6.20 Å². The van der Waals surface area contributed by atoms with Gasteiger partial charge in [0, 0.05) is 25.2 Å². The second kappa shape index (κ2) is 3.96. The summed E-state index contributed by atoms with van der Waals surface area (Å²) in [5.41, 5.74) is 1.09. The summed E-state index contributed by atoms with van der Waals surface area (Å²) in [5.74, 6) is -0.617. The van der Waals surface area contributed by atoms with Crippen molar-refractivity contribution in [3.63, 3.8) is 0 Å². The molecule has 0 amide bonds. The molecule has 6 heteroatoms. The lowest BCUT2D eigenvalue weighted by atomic mass is 10.2.